The van der Waals surface area contributed by atoms with E-state index < -0.39 is 0 Å². The molecule has 0 amide bonds. The Morgan fingerprint density at radius 2 is 2.05 bits per heavy atom. The predicted octanol–water partition coefficient (Wildman–Crippen LogP) is 3.55. The number of hydrogen-bond donors (Lipinski definition) is 1. The van der Waals surface area contributed by atoms with Crippen molar-refractivity contribution < 1.29 is 4.74 Å². The first-order valence-corrected chi connectivity index (χ1v) is 8.37. The fraction of sp³-hybridized carbons (Fsp3) is 0.588. The van der Waals surface area contributed by atoms with E-state index in [1.54, 1.807) is 0 Å². The summed E-state index contributed by atoms with van der Waals surface area (Å²) in [5.41, 5.74) is 1.11. The minimum absolute atomic E-state index is 0.741. The first kappa shape index (κ1) is 18.8. The number of nitrogens with zero attached hydrogens (tertiary/aromatic N) is 2. The van der Waals surface area contributed by atoms with Gasteiger partial charge in [-0.3, -0.25) is 4.99 Å². The highest BCUT2D eigenvalue weighted by molar-refractivity contribution is 6.31. The molecule has 5 heteroatoms. The van der Waals surface area contributed by atoms with Crippen LogP contribution >= 0.6 is 11.6 Å². The summed E-state index contributed by atoms with van der Waals surface area (Å²) in [6.07, 6.45) is 2.08. The number of ether oxygens (including phenoxy) is 1. The summed E-state index contributed by atoms with van der Waals surface area (Å²) in [7, 11) is 2.03. The molecule has 4 nitrogen and oxygen atoms in total. The number of aliphatic imine (C=N–C) groups is 1. The first-order chi connectivity index (χ1) is 10.7. The number of rotatable bonds is 9. The first-order valence-electron chi connectivity index (χ1n) is 7.99. The Hall–Kier alpha value is -1.26. The molecule has 124 valence electrons. The molecular formula is C17H28ClN3O. The Morgan fingerprint density at radius 3 is 2.73 bits per heavy atom. The van der Waals surface area contributed by atoms with Crippen LogP contribution < -0.4 is 5.32 Å². The second-order valence-electron chi connectivity index (χ2n) is 5.09. The van der Waals surface area contributed by atoms with E-state index in [4.69, 9.17) is 16.3 Å². The van der Waals surface area contributed by atoms with Crippen molar-refractivity contribution in [3.63, 3.8) is 0 Å². The van der Waals surface area contributed by atoms with Gasteiger partial charge < -0.3 is 15.0 Å². The molecule has 0 bridgehead atoms. The molecule has 0 aliphatic heterocycles. The van der Waals surface area contributed by atoms with Crippen molar-refractivity contribution in [2.75, 3.05) is 33.4 Å². The molecule has 0 atom stereocenters. The van der Waals surface area contributed by atoms with Gasteiger partial charge >= 0.3 is 0 Å². The van der Waals surface area contributed by atoms with E-state index in [9.17, 15) is 0 Å². The van der Waals surface area contributed by atoms with E-state index in [0.29, 0.717) is 0 Å². The average Bonchev–Trinajstić information content (AvgIpc) is 2.51. The molecule has 0 aliphatic carbocycles. The third-order valence-corrected chi connectivity index (χ3v) is 3.59. The molecule has 0 unspecified atom stereocenters. The van der Waals surface area contributed by atoms with Gasteiger partial charge in [0.25, 0.3) is 0 Å². The Labute approximate surface area is 139 Å². The van der Waals surface area contributed by atoms with E-state index in [2.05, 4.69) is 22.1 Å². The minimum Gasteiger partial charge on any atom is -0.382 e. The summed E-state index contributed by atoms with van der Waals surface area (Å²) in [5.74, 6) is 0.916. The van der Waals surface area contributed by atoms with Crippen LogP contribution in [-0.4, -0.2) is 44.2 Å². The zero-order valence-electron chi connectivity index (χ0n) is 13.9. The molecular weight excluding hydrogens is 298 g/mol. The fourth-order valence-corrected chi connectivity index (χ4v) is 2.27. The van der Waals surface area contributed by atoms with Gasteiger partial charge in [-0.1, -0.05) is 29.8 Å². The molecule has 1 aromatic carbocycles. The zero-order valence-corrected chi connectivity index (χ0v) is 14.7. The third-order valence-electron chi connectivity index (χ3n) is 3.22. The average molecular weight is 326 g/mol. The van der Waals surface area contributed by atoms with Crippen molar-refractivity contribution in [3.05, 3.63) is 34.9 Å². The standard InChI is InChI=1S/C17H28ClN3O/c1-4-19-17(20-12-8-9-13-22-5-2)21(3)14-15-10-6-7-11-16(15)18/h6-7,10-11H,4-5,8-9,12-14H2,1-3H3,(H,19,20). The quantitative estimate of drug-likeness (QED) is 0.428. The number of guanidine groups is 1. The zero-order chi connectivity index (χ0) is 16.2. The molecule has 1 rings (SSSR count). The molecule has 0 radical (unpaired) electrons. The normalized spacial score (nSPS) is 11.5. The summed E-state index contributed by atoms with van der Waals surface area (Å²) < 4.78 is 5.34. The van der Waals surface area contributed by atoms with Crippen LogP contribution in [0.1, 0.15) is 32.3 Å². The third kappa shape index (κ3) is 7.14. The van der Waals surface area contributed by atoms with E-state index in [0.717, 1.165) is 62.2 Å². The maximum absolute atomic E-state index is 6.22. The van der Waals surface area contributed by atoms with Crippen molar-refractivity contribution in [3.8, 4) is 0 Å². The van der Waals surface area contributed by atoms with Crippen LogP contribution in [0.25, 0.3) is 0 Å². The molecule has 0 fully saturated rings. The monoisotopic (exact) mass is 325 g/mol. The van der Waals surface area contributed by atoms with Crippen molar-refractivity contribution >= 4 is 17.6 Å². The highest BCUT2D eigenvalue weighted by atomic mass is 35.5. The number of hydrogen-bond acceptors (Lipinski definition) is 2. The molecule has 0 heterocycles. The van der Waals surface area contributed by atoms with Gasteiger partial charge in [0.05, 0.1) is 0 Å². The van der Waals surface area contributed by atoms with Crippen LogP contribution in [0.4, 0.5) is 0 Å². The van der Waals surface area contributed by atoms with Gasteiger partial charge in [0, 0.05) is 44.9 Å². The number of benzene rings is 1. The highest BCUT2D eigenvalue weighted by Gasteiger charge is 2.08. The molecule has 22 heavy (non-hydrogen) atoms. The van der Waals surface area contributed by atoms with Crippen molar-refractivity contribution in [2.45, 2.75) is 33.2 Å². The maximum Gasteiger partial charge on any atom is 0.193 e. The Kier molecular flexibility index (Phi) is 9.67. The fourth-order valence-electron chi connectivity index (χ4n) is 2.07. The summed E-state index contributed by atoms with van der Waals surface area (Å²) in [5, 5.41) is 4.12. The van der Waals surface area contributed by atoms with Crippen LogP contribution in [-0.2, 0) is 11.3 Å². The lowest BCUT2D eigenvalue weighted by atomic mass is 10.2. The smallest absolute Gasteiger partial charge is 0.193 e. The lowest BCUT2D eigenvalue weighted by Crippen LogP contribution is -2.38. The molecule has 1 N–H and O–H groups in total. The van der Waals surface area contributed by atoms with Gasteiger partial charge in [-0.15, -0.1) is 0 Å². The predicted molar refractivity (Wildman–Crippen MR) is 94.6 cm³/mol. The topological polar surface area (TPSA) is 36.9 Å². The maximum atomic E-state index is 6.22. The molecule has 0 saturated heterocycles. The number of nitrogens with one attached hydrogen (secondary N) is 1. The van der Waals surface area contributed by atoms with Crippen LogP contribution in [0.3, 0.4) is 0 Å². The van der Waals surface area contributed by atoms with Gasteiger partial charge in [0.15, 0.2) is 5.96 Å². The van der Waals surface area contributed by atoms with Crippen LogP contribution in [0.15, 0.2) is 29.3 Å². The summed E-state index contributed by atoms with van der Waals surface area (Å²) in [6.45, 7) is 8.10. The van der Waals surface area contributed by atoms with Gasteiger partial charge in [-0.25, -0.2) is 0 Å². The number of unbranched alkanes of at least 4 members (excludes halogenated alkanes) is 1. The second kappa shape index (κ2) is 11.3. The number of halogens is 1. The lowest BCUT2D eigenvalue weighted by Gasteiger charge is -2.22. The molecule has 0 aromatic heterocycles. The molecule has 0 spiro atoms. The van der Waals surface area contributed by atoms with Crippen LogP contribution in [0, 0.1) is 0 Å². The Morgan fingerprint density at radius 1 is 1.27 bits per heavy atom. The minimum atomic E-state index is 0.741. The van der Waals surface area contributed by atoms with Crippen molar-refractivity contribution in [1.29, 1.82) is 0 Å². The van der Waals surface area contributed by atoms with E-state index in [-0.39, 0.29) is 0 Å². The van der Waals surface area contributed by atoms with Crippen molar-refractivity contribution in [1.82, 2.24) is 10.2 Å². The van der Waals surface area contributed by atoms with Gasteiger partial charge in [-0.2, -0.15) is 0 Å². The summed E-state index contributed by atoms with van der Waals surface area (Å²) in [4.78, 5) is 6.77. The summed E-state index contributed by atoms with van der Waals surface area (Å²) >= 11 is 6.22. The molecule has 0 saturated carbocycles. The van der Waals surface area contributed by atoms with E-state index >= 15 is 0 Å². The largest absolute Gasteiger partial charge is 0.382 e. The highest BCUT2D eigenvalue weighted by Crippen LogP contribution is 2.16. The Bertz CT molecular complexity index is 451. The Balaban J connectivity index is 2.51. The van der Waals surface area contributed by atoms with Crippen LogP contribution in [0.5, 0.6) is 0 Å². The second-order valence-corrected chi connectivity index (χ2v) is 5.49. The lowest BCUT2D eigenvalue weighted by molar-refractivity contribution is 0.144. The van der Waals surface area contributed by atoms with E-state index in [1.807, 2.05) is 38.2 Å². The van der Waals surface area contributed by atoms with Gasteiger partial charge in [-0.05, 0) is 38.3 Å². The van der Waals surface area contributed by atoms with Crippen molar-refractivity contribution in [2.24, 2.45) is 4.99 Å². The molecule has 1 aromatic rings. The van der Waals surface area contributed by atoms with E-state index in [1.165, 1.54) is 0 Å². The molecule has 0 aliphatic rings. The van der Waals surface area contributed by atoms with Gasteiger partial charge in [0.1, 0.15) is 0 Å². The van der Waals surface area contributed by atoms with Crippen LogP contribution in [0.2, 0.25) is 5.02 Å². The summed E-state index contributed by atoms with van der Waals surface area (Å²) in [6, 6.07) is 7.92. The van der Waals surface area contributed by atoms with Gasteiger partial charge in [0.2, 0.25) is 0 Å². The SMILES string of the molecule is CCNC(=NCCCCOCC)N(C)Cc1ccccc1Cl.